The number of aliphatic carboxylic acids is 1. The van der Waals surface area contributed by atoms with Gasteiger partial charge in [-0.15, -0.1) is 0 Å². The van der Waals surface area contributed by atoms with Crippen LogP contribution < -0.4 is 5.32 Å². The molecule has 1 saturated heterocycles. The van der Waals surface area contributed by atoms with Crippen molar-refractivity contribution in [3.05, 3.63) is 34.9 Å². The van der Waals surface area contributed by atoms with Gasteiger partial charge in [-0.25, -0.2) is 0 Å². The second-order valence-corrected chi connectivity index (χ2v) is 4.98. The zero-order chi connectivity index (χ0) is 12.3. The van der Waals surface area contributed by atoms with Gasteiger partial charge in [0.15, 0.2) is 0 Å². The smallest absolute Gasteiger partial charge is 0.306 e. The lowest BCUT2D eigenvalue weighted by molar-refractivity contribution is -0.142. The summed E-state index contributed by atoms with van der Waals surface area (Å²) in [5, 5.41) is 13.1. The lowest BCUT2D eigenvalue weighted by Gasteiger charge is -2.28. The molecule has 0 amide bonds. The zero-order valence-corrected chi connectivity index (χ0v) is 10.3. The van der Waals surface area contributed by atoms with E-state index in [0.717, 1.165) is 24.4 Å². The highest BCUT2D eigenvalue weighted by Crippen LogP contribution is 2.20. The van der Waals surface area contributed by atoms with E-state index < -0.39 is 5.97 Å². The summed E-state index contributed by atoms with van der Waals surface area (Å²) in [4.78, 5) is 11.0. The highest BCUT2D eigenvalue weighted by atomic mass is 35.5. The number of piperidine rings is 1. The van der Waals surface area contributed by atoms with Crippen molar-refractivity contribution in [2.45, 2.75) is 25.3 Å². The van der Waals surface area contributed by atoms with Crippen LogP contribution in [-0.2, 0) is 11.2 Å². The third kappa shape index (κ3) is 3.45. The van der Waals surface area contributed by atoms with Crippen LogP contribution in [0.15, 0.2) is 24.3 Å². The van der Waals surface area contributed by atoms with E-state index >= 15 is 0 Å². The monoisotopic (exact) mass is 253 g/mol. The van der Waals surface area contributed by atoms with Gasteiger partial charge in [0.2, 0.25) is 0 Å². The van der Waals surface area contributed by atoms with Gasteiger partial charge < -0.3 is 10.4 Å². The minimum atomic E-state index is -0.674. The lowest BCUT2D eigenvalue weighted by atomic mass is 9.89. The van der Waals surface area contributed by atoms with E-state index in [4.69, 9.17) is 16.7 Å². The average Bonchev–Trinajstić information content (AvgIpc) is 2.32. The quantitative estimate of drug-likeness (QED) is 0.869. The zero-order valence-electron chi connectivity index (χ0n) is 9.53. The number of nitrogens with one attached hydrogen (secondary N) is 1. The van der Waals surface area contributed by atoms with E-state index in [9.17, 15) is 4.79 Å². The molecule has 1 aromatic carbocycles. The normalized spacial score (nSPS) is 24.5. The van der Waals surface area contributed by atoms with Crippen molar-refractivity contribution in [2.75, 3.05) is 6.54 Å². The lowest BCUT2D eigenvalue weighted by Crippen LogP contribution is -2.41. The van der Waals surface area contributed by atoms with Crippen molar-refractivity contribution in [3.8, 4) is 0 Å². The Labute approximate surface area is 106 Å². The van der Waals surface area contributed by atoms with Gasteiger partial charge >= 0.3 is 5.97 Å². The van der Waals surface area contributed by atoms with Crippen LogP contribution in [0.4, 0.5) is 0 Å². The Hall–Kier alpha value is -1.06. The summed E-state index contributed by atoms with van der Waals surface area (Å²) < 4.78 is 0. The summed E-state index contributed by atoms with van der Waals surface area (Å²) >= 11 is 5.83. The molecule has 92 valence electrons. The van der Waals surface area contributed by atoms with Crippen LogP contribution in [0.25, 0.3) is 0 Å². The Morgan fingerprint density at radius 3 is 2.76 bits per heavy atom. The summed E-state index contributed by atoms with van der Waals surface area (Å²) in [5.74, 6) is -0.874. The molecule has 1 aromatic rings. The highest BCUT2D eigenvalue weighted by molar-refractivity contribution is 6.30. The van der Waals surface area contributed by atoms with Crippen molar-refractivity contribution in [2.24, 2.45) is 5.92 Å². The first kappa shape index (κ1) is 12.4. The number of carbonyl (C=O) groups is 1. The summed E-state index contributed by atoms with van der Waals surface area (Å²) in [6.07, 6.45) is 2.30. The molecule has 0 aromatic heterocycles. The van der Waals surface area contributed by atoms with Crippen LogP contribution in [0, 0.1) is 5.92 Å². The fourth-order valence-corrected chi connectivity index (χ4v) is 2.42. The Kier molecular flexibility index (Phi) is 4.02. The van der Waals surface area contributed by atoms with Crippen LogP contribution in [0.2, 0.25) is 5.02 Å². The SMILES string of the molecule is O=C(O)C1CCNC(Cc2ccc(Cl)cc2)C1. The van der Waals surface area contributed by atoms with Crippen molar-refractivity contribution < 1.29 is 9.90 Å². The number of hydrogen-bond acceptors (Lipinski definition) is 2. The predicted octanol–water partition coefficient (Wildman–Crippen LogP) is 2.34. The second-order valence-electron chi connectivity index (χ2n) is 4.54. The number of carboxylic acids is 1. The number of rotatable bonds is 3. The first-order valence-corrected chi connectivity index (χ1v) is 6.23. The van der Waals surface area contributed by atoms with E-state index in [-0.39, 0.29) is 12.0 Å². The van der Waals surface area contributed by atoms with Gasteiger partial charge in [-0.1, -0.05) is 23.7 Å². The van der Waals surface area contributed by atoms with Gasteiger partial charge in [-0.2, -0.15) is 0 Å². The fourth-order valence-electron chi connectivity index (χ4n) is 2.29. The average molecular weight is 254 g/mol. The molecule has 2 N–H and O–H groups in total. The summed E-state index contributed by atoms with van der Waals surface area (Å²) in [6, 6.07) is 7.98. The molecule has 2 atom stereocenters. The molecular formula is C13H16ClNO2. The van der Waals surface area contributed by atoms with Gasteiger partial charge in [0.1, 0.15) is 0 Å². The van der Waals surface area contributed by atoms with E-state index in [0.29, 0.717) is 6.42 Å². The third-order valence-electron chi connectivity index (χ3n) is 3.24. The molecular weight excluding hydrogens is 238 g/mol. The molecule has 0 saturated carbocycles. The van der Waals surface area contributed by atoms with Gasteiger partial charge in [0.25, 0.3) is 0 Å². The Morgan fingerprint density at radius 1 is 1.41 bits per heavy atom. The molecule has 1 heterocycles. The van der Waals surface area contributed by atoms with Gasteiger partial charge in [0, 0.05) is 11.1 Å². The molecule has 0 bridgehead atoms. The molecule has 2 rings (SSSR count). The maximum atomic E-state index is 11.0. The minimum absolute atomic E-state index is 0.200. The Morgan fingerprint density at radius 2 is 2.12 bits per heavy atom. The first-order chi connectivity index (χ1) is 8.15. The summed E-state index contributed by atoms with van der Waals surface area (Å²) in [5.41, 5.74) is 1.19. The second kappa shape index (κ2) is 5.52. The first-order valence-electron chi connectivity index (χ1n) is 5.86. The van der Waals surface area contributed by atoms with E-state index in [2.05, 4.69) is 5.32 Å². The fraction of sp³-hybridized carbons (Fsp3) is 0.462. The maximum absolute atomic E-state index is 11.0. The third-order valence-corrected chi connectivity index (χ3v) is 3.49. The molecule has 2 unspecified atom stereocenters. The topological polar surface area (TPSA) is 49.3 Å². The van der Waals surface area contributed by atoms with E-state index in [1.807, 2.05) is 24.3 Å². The molecule has 17 heavy (non-hydrogen) atoms. The molecule has 1 aliphatic heterocycles. The number of hydrogen-bond donors (Lipinski definition) is 2. The largest absolute Gasteiger partial charge is 0.481 e. The molecule has 0 radical (unpaired) electrons. The molecule has 4 heteroatoms. The van der Waals surface area contributed by atoms with Gasteiger partial charge in [0.05, 0.1) is 5.92 Å². The standard InChI is InChI=1S/C13H16ClNO2/c14-11-3-1-9(2-4-11)7-12-8-10(13(16)17)5-6-15-12/h1-4,10,12,15H,5-8H2,(H,16,17). The van der Waals surface area contributed by atoms with Crippen LogP contribution in [0.5, 0.6) is 0 Å². The minimum Gasteiger partial charge on any atom is -0.481 e. The molecule has 1 aliphatic rings. The maximum Gasteiger partial charge on any atom is 0.306 e. The Balaban J connectivity index is 1.94. The van der Waals surface area contributed by atoms with Crippen LogP contribution in [0.1, 0.15) is 18.4 Å². The number of halogens is 1. The molecule has 0 aliphatic carbocycles. The van der Waals surface area contributed by atoms with Crippen molar-refractivity contribution >= 4 is 17.6 Å². The summed E-state index contributed by atoms with van der Waals surface area (Å²) in [6.45, 7) is 0.787. The van der Waals surface area contributed by atoms with Crippen molar-refractivity contribution in [3.63, 3.8) is 0 Å². The highest BCUT2D eigenvalue weighted by Gasteiger charge is 2.26. The Bertz CT molecular complexity index is 391. The van der Waals surface area contributed by atoms with Crippen molar-refractivity contribution in [1.29, 1.82) is 0 Å². The van der Waals surface area contributed by atoms with Crippen molar-refractivity contribution in [1.82, 2.24) is 5.32 Å². The molecule has 0 spiro atoms. The van der Waals surface area contributed by atoms with Crippen LogP contribution >= 0.6 is 11.6 Å². The van der Waals surface area contributed by atoms with E-state index in [1.54, 1.807) is 0 Å². The number of carboxylic acid groups (broad SMARTS) is 1. The summed E-state index contributed by atoms with van der Waals surface area (Å²) in [7, 11) is 0. The van der Waals surface area contributed by atoms with Crippen LogP contribution in [0.3, 0.4) is 0 Å². The van der Waals surface area contributed by atoms with Gasteiger partial charge in [-0.3, -0.25) is 4.79 Å². The number of benzene rings is 1. The molecule has 3 nitrogen and oxygen atoms in total. The predicted molar refractivity (Wildman–Crippen MR) is 67.3 cm³/mol. The van der Waals surface area contributed by atoms with Crippen LogP contribution in [-0.4, -0.2) is 23.7 Å². The van der Waals surface area contributed by atoms with Gasteiger partial charge in [-0.05, 0) is 43.5 Å². The van der Waals surface area contributed by atoms with E-state index in [1.165, 1.54) is 5.56 Å². The molecule has 1 fully saturated rings.